The number of carbonyl (C=O) groups excluding carboxylic acids is 1. The third kappa shape index (κ3) is 2.18. The van der Waals surface area contributed by atoms with E-state index in [9.17, 15) is 4.79 Å². The number of aromatic amines is 1. The van der Waals surface area contributed by atoms with Gasteiger partial charge in [0.05, 0.1) is 6.20 Å². The summed E-state index contributed by atoms with van der Waals surface area (Å²) in [6.07, 6.45) is 3.19. The van der Waals surface area contributed by atoms with E-state index >= 15 is 0 Å². The van der Waals surface area contributed by atoms with Crippen molar-refractivity contribution in [1.82, 2.24) is 10.2 Å². The van der Waals surface area contributed by atoms with E-state index < -0.39 is 0 Å². The van der Waals surface area contributed by atoms with Crippen LogP contribution in [-0.4, -0.2) is 16.0 Å². The molecule has 0 aliphatic rings. The molecule has 0 bridgehead atoms. The van der Waals surface area contributed by atoms with Gasteiger partial charge in [-0.3, -0.25) is 5.10 Å². The summed E-state index contributed by atoms with van der Waals surface area (Å²) in [5.74, 6) is 0.227. The molecule has 1 N–H and O–H groups in total. The van der Waals surface area contributed by atoms with Crippen LogP contribution in [0.4, 0.5) is 0 Å². The zero-order valence-corrected chi connectivity index (χ0v) is 6.85. The Morgan fingerprint density at radius 2 is 2.45 bits per heavy atom. The van der Waals surface area contributed by atoms with Gasteiger partial charge in [0, 0.05) is 12.1 Å². The SMILES string of the molecule is CC(=O)CCc1cn[nH]c1C. The number of carbonyl (C=O) groups is 1. The molecule has 3 heteroatoms. The minimum atomic E-state index is 0.227. The maximum atomic E-state index is 10.6. The Bertz CT molecular complexity index is 252. The van der Waals surface area contributed by atoms with Crippen LogP contribution in [0.25, 0.3) is 0 Å². The van der Waals surface area contributed by atoms with Gasteiger partial charge < -0.3 is 4.79 Å². The van der Waals surface area contributed by atoms with Gasteiger partial charge in [0.25, 0.3) is 0 Å². The minimum absolute atomic E-state index is 0.227. The van der Waals surface area contributed by atoms with Crippen molar-refractivity contribution in [3.63, 3.8) is 0 Å². The summed E-state index contributed by atoms with van der Waals surface area (Å²) in [7, 11) is 0. The van der Waals surface area contributed by atoms with Crippen molar-refractivity contribution in [2.45, 2.75) is 26.7 Å². The lowest BCUT2D eigenvalue weighted by molar-refractivity contribution is -0.116. The predicted octanol–water partition coefficient (Wildman–Crippen LogP) is 1.24. The molecule has 1 heterocycles. The molecule has 0 fully saturated rings. The fourth-order valence-electron chi connectivity index (χ4n) is 0.938. The van der Waals surface area contributed by atoms with Crippen molar-refractivity contribution in [2.24, 2.45) is 0 Å². The van der Waals surface area contributed by atoms with Crippen LogP contribution in [0, 0.1) is 6.92 Å². The summed E-state index contributed by atoms with van der Waals surface area (Å²) in [5, 5.41) is 6.69. The number of H-pyrrole nitrogens is 1. The van der Waals surface area contributed by atoms with Crippen LogP contribution < -0.4 is 0 Å². The molecule has 3 nitrogen and oxygen atoms in total. The molecule has 0 saturated heterocycles. The van der Waals surface area contributed by atoms with Gasteiger partial charge in [-0.15, -0.1) is 0 Å². The summed E-state index contributed by atoms with van der Waals surface area (Å²) in [5.41, 5.74) is 2.20. The summed E-state index contributed by atoms with van der Waals surface area (Å²) in [4.78, 5) is 10.6. The zero-order valence-electron chi connectivity index (χ0n) is 6.85. The highest BCUT2D eigenvalue weighted by molar-refractivity contribution is 5.75. The maximum Gasteiger partial charge on any atom is 0.130 e. The molecule has 1 rings (SSSR count). The molecule has 0 spiro atoms. The lowest BCUT2D eigenvalue weighted by Crippen LogP contribution is -1.93. The maximum absolute atomic E-state index is 10.6. The normalized spacial score (nSPS) is 10.0. The molecule has 1 aromatic rings. The summed E-state index contributed by atoms with van der Waals surface area (Å²) >= 11 is 0. The monoisotopic (exact) mass is 152 g/mol. The highest BCUT2D eigenvalue weighted by Crippen LogP contribution is 2.05. The molecular weight excluding hydrogens is 140 g/mol. The number of nitrogens with zero attached hydrogens (tertiary/aromatic N) is 1. The largest absolute Gasteiger partial charge is 0.300 e. The average molecular weight is 152 g/mol. The van der Waals surface area contributed by atoms with E-state index in [1.165, 1.54) is 0 Å². The Morgan fingerprint density at radius 1 is 1.73 bits per heavy atom. The van der Waals surface area contributed by atoms with Crippen LogP contribution >= 0.6 is 0 Å². The highest BCUT2D eigenvalue weighted by Gasteiger charge is 2.00. The quantitative estimate of drug-likeness (QED) is 0.708. The van der Waals surface area contributed by atoms with Gasteiger partial charge in [-0.1, -0.05) is 0 Å². The Hall–Kier alpha value is -1.12. The number of ketones is 1. The molecule has 0 radical (unpaired) electrons. The molecule has 0 amide bonds. The van der Waals surface area contributed by atoms with Crippen LogP contribution in [0.3, 0.4) is 0 Å². The number of hydrogen-bond donors (Lipinski definition) is 1. The number of Topliss-reactive ketones (excluding diaryl/α,β-unsaturated/α-hetero) is 1. The lowest BCUT2D eigenvalue weighted by Gasteiger charge is -1.94. The molecule has 0 saturated carbocycles. The van der Waals surface area contributed by atoms with Gasteiger partial charge in [-0.25, -0.2) is 0 Å². The number of aromatic nitrogens is 2. The van der Waals surface area contributed by atoms with Crippen LogP contribution in [0.15, 0.2) is 6.20 Å². The van der Waals surface area contributed by atoms with E-state index in [2.05, 4.69) is 10.2 Å². The van der Waals surface area contributed by atoms with Crippen molar-refractivity contribution in [3.05, 3.63) is 17.5 Å². The van der Waals surface area contributed by atoms with Crippen LogP contribution in [0.1, 0.15) is 24.6 Å². The topological polar surface area (TPSA) is 45.8 Å². The molecule has 1 aromatic heterocycles. The first-order chi connectivity index (χ1) is 5.20. The van der Waals surface area contributed by atoms with Crippen LogP contribution in [0.2, 0.25) is 0 Å². The third-order valence-corrected chi connectivity index (χ3v) is 1.68. The molecule has 0 aliphatic heterocycles. The van der Waals surface area contributed by atoms with E-state index in [0.717, 1.165) is 17.7 Å². The third-order valence-electron chi connectivity index (χ3n) is 1.68. The van der Waals surface area contributed by atoms with Gasteiger partial charge >= 0.3 is 0 Å². The van der Waals surface area contributed by atoms with Gasteiger partial charge in [-0.05, 0) is 25.8 Å². The zero-order chi connectivity index (χ0) is 8.27. The molecular formula is C8H12N2O. The van der Waals surface area contributed by atoms with E-state index in [-0.39, 0.29) is 5.78 Å². The second-order valence-electron chi connectivity index (χ2n) is 2.72. The summed E-state index contributed by atoms with van der Waals surface area (Å²) < 4.78 is 0. The second kappa shape index (κ2) is 3.32. The standard InChI is InChI=1S/C8H12N2O/c1-6(11)3-4-8-5-9-10-7(8)2/h5H,3-4H2,1-2H3,(H,9,10). The first-order valence-electron chi connectivity index (χ1n) is 3.68. The van der Waals surface area contributed by atoms with Gasteiger partial charge in [0.1, 0.15) is 5.78 Å². The number of aryl methyl sites for hydroxylation is 2. The van der Waals surface area contributed by atoms with Crippen molar-refractivity contribution in [3.8, 4) is 0 Å². The Labute approximate surface area is 65.8 Å². The number of nitrogens with one attached hydrogen (secondary N) is 1. The van der Waals surface area contributed by atoms with E-state index in [1.54, 1.807) is 13.1 Å². The van der Waals surface area contributed by atoms with Crippen molar-refractivity contribution in [1.29, 1.82) is 0 Å². The van der Waals surface area contributed by atoms with Gasteiger partial charge in [0.15, 0.2) is 0 Å². The smallest absolute Gasteiger partial charge is 0.130 e. The molecule has 0 unspecified atom stereocenters. The minimum Gasteiger partial charge on any atom is -0.300 e. The fraction of sp³-hybridized carbons (Fsp3) is 0.500. The Balaban J connectivity index is 2.51. The average Bonchev–Trinajstić information content (AvgIpc) is 2.31. The van der Waals surface area contributed by atoms with Crippen molar-refractivity contribution < 1.29 is 4.79 Å². The Morgan fingerprint density at radius 3 is 2.91 bits per heavy atom. The molecule has 0 atom stereocenters. The number of rotatable bonds is 3. The molecule has 0 aliphatic carbocycles. The first-order valence-corrected chi connectivity index (χ1v) is 3.68. The predicted molar refractivity (Wildman–Crippen MR) is 42.3 cm³/mol. The number of hydrogen-bond acceptors (Lipinski definition) is 2. The van der Waals surface area contributed by atoms with Crippen LogP contribution in [-0.2, 0) is 11.2 Å². The first kappa shape index (κ1) is 7.98. The molecule has 11 heavy (non-hydrogen) atoms. The molecule has 0 aromatic carbocycles. The second-order valence-corrected chi connectivity index (χ2v) is 2.72. The van der Waals surface area contributed by atoms with Crippen LogP contribution in [0.5, 0.6) is 0 Å². The van der Waals surface area contributed by atoms with E-state index in [1.807, 2.05) is 6.92 Å². The lowest BCUT2D eigenvalue weighted by atomic mass is 10.1. The fourth-order valence-corrected chi connectivity index (χ4v) is 0.938. The van der Waals surface area contributed by atoms with Crippen molar-refractivity contribution in [2.75, 3.05) is 0 Å². The van der Waals surface area contributed by atoms with E-state index in [0.29, 0.717) is 6.42 Å². The summed E-state index contributed by atoms with van der Waals surface area (Å²) in [6, 6.07) is 0. The van der Waals surface area contributed by atoms with E-state index in [4.69, 9.17) is 0 Å². The highest BCUT2D eigenvalue weighted by atomic mass is 16.1. The Kier molecular flexibility index (Phi) is 2.41. The van der Waals surface area contributed by atoms with Crippen molar-refractivity contribution >= 4 is 5.78 Å². The van der Waals surface area contributed by atoms with Gasteiger partial charge in [0.2, 0.25) is 0 Å². The van der Waals surface area contributed by atoms with Gasteiger partial charge in [-0.2, -0.15) is 5.10 Å². The summed E-state index contributed by atoms with van der Waals surface area (Å²) in [6.45, 7) is 3.57. The molecule has 60 valence electrons.